The zero-order valence-corrected chi connectivity index (χ0v) is 13.1. The Bertz CT molecular complexity index is 462. The molecule has 1 aromatic rings. The van der Waals surface area contributed by atoms with Gasteiger partial charge in [-0.05, 0) is 37.0 Å². The number of benzene rings is 1. The van der Waals surface area contributed by atoms with Crippen molar-refractivity contribution in [3.8, 4) is 0 Å². The van der Waals surface area contributed by atoms with Crippen molar-refractivity contribution >= 4 is 27.8 Å². The first kappa shape index (κ1) is 16.7. The van der Waals surface area contributed by atoms with Crippen LogP contribution in [0.25, 0.3) is 0 Å². The molecule has 1 aromatic carbocycles. The molecule has 0 fully saturated rings. The first-order valence-corrected chi connectivity index (χ1v) is 7.52. The van der Waals surface area contributed by atoms with Crippen LogP contribution in [0.4, 0.5) is 0 Å². The van der Waals surface area contributed by atoms with Crippen LogP contribution in [0.5, 0.6) is 0 Å². The Morgan fingerprint density at radius 2 is 2.15 bits per heavy atom. The van der Waals surface area contributed by atoms with Gasteiger partial charge in [0.1, 0.15) is 0 Å². The number of carbonyl (C=O) groups is 2. The van der Waals surface area contributed by atoms with Crippen LogP contribution in [0.15, 0.2) is 28.7 Å². The Balaban J connectivity index is 2.16. The van der Waals surface area contributed by atoms with Crippen molar-refractivity contribution in [3.63, 3.8) is 0 Å². The van der Waals surface area contributed by atoms with E-state index < -0.39 is 5.97 Å². The molecule has 0 saturated heterocycles. The molecule has 2 N–H and O–H groups in total. The number of carbonyl (C=O) groups excluding carboxylic acids is 1. The molecule has 0 heterocycles. The predicted octanol–water partition coefficient (Wildman–Crippen LogP) is 3.00. The number of amides is 1. The van der Waals surface area contributed by atoms with E-state index in [4.69, 9.17) is 5.11 Å². The lowest BCUT2D eigenvalue weighted by Crippen LogP contribution is -2.25. The van der Waals surface area contributed by atoms with Crippen molar-refractivity contribution < 1.29 is 14.7 Å². The summed E-state index contributed by atoms with van der Waals surface area (Å²) < 4.78 is 1.01. The van der Waals surface area contributed by atoms with E-state index in [9.17, 15) is 9.59 Å². The number of rotatable bonds is 8. The van der Waals surface area contributed by atoms with Crippen molar-refractivity contribution in [2.24, 2.45) is 5.92 Å². The third kappa shape index (κ3) is 6.70. The normalized spacial score (nSPS) is 11.9. The molecule has 0 aromatic heterocycles. The van der Waals surface area contributed by atoms with Crippen LogP contribution in [-0.4, -0.2) is 23.5 Å². The molecular weight excluding hydrogens is 322 g/mol. The van der Waals surface area contributed by atoms with E-state index in [0.29, 0.717) is 32.2 Å². The minimum atomic E-state index is -0.786. The summed E-state index contributed by atoms with van der Waals surface area (Å²) in [6, 6.07) is 7.90. The van der Waals surface area contributed by atoms with Gasteiger partial charge in [0.05, 0.1) is 5.92 Å². The summed E-state index contributed by atoms with van der Waals surface area (Å²) >= 11 is 3.40. The second-order valence-corrected chi connectivity index (χ2v) is 5.78. The average molecular weight is 342 g/mol. The Morgan fingerprint density at radius 3 is 2.80 bits per heavy atom. The van der Waals surface area contributed by atoms with Crippen LogP contribution in [0, 0.1) is 5.92 Å². The van der Waals surface area contributed by atoms with E-state index in [2.05, 4.69) is 21.2 Å². The van der Waals surface area contributed by atoms with Gasteiger partial charge in [0.25, 0.3) is 0 Å². The second-order valence-electron chi connectivity index (χ2n) is 4.86. The molecule has 0 bridgehead atoms. The lowest BCUT2D eigenvalue weighted by molar-refractivity contribution is -0.141. The number of halogens is 1. The van der Waals surface area contributed by atoms with Gasteiger partial charge < -0.3 is 10.4 Å². The van der Waals surface area contributed by atoms with Crippen LogP contribution in [-0.2, 0) is 16.0 Å². The maximum Gasteiger partial charge on any atom is 0.306 e. The van der Waals surface area contributed by atoms with Crippen LogP contribution < -0.4 is 5.32 Å². The summed E-state index contributed by atoms with van der Waals surface area (Å²) in [5.74, 6) is -1.13. The number of aliphatic carboxylic acids is 1. The number of carboxylic acid groups (broad SMARTS) is 1. The molecule has 20 heavy (non-hydrogen) atoms. The van der Waals surface area contributed by atoms with Crippen molar-refractivity contribution in [1.82, 2.24) is 5.32 Å². The summed E-state index contributed by atoms with van der Waals surface area (Å²) in [6.07, 6.45) is 2.43. The van der Waals surface area contributed by atoms with Gasteiger partial charge in [-0.1, -0.05) is 35.0 Å². The minimum absolute atomic E-state index is 0.00736. The molecule has 0 aliphatic rings. The summed E-state index contributed by atoms with van der Waals surface area (Å²) in [6.45, 7) is 2.21. The number of hydrogen-bond donors (Lipinski definition) is 2. The summed E-state index contributed by atoms with van der Waals surface area (Å²) in [5.41, 5.74) is 1.12. The van der Waals surface area contributed by atoms with Gasteiger partial charge >= 0.3 is 5.97 Å². The third-order valence-electron chi connectivity index (χ3n) is 3.09. The van der Waals surface area contributed by atoms with Crippen molar-refractivity contribution in [2.75, 3.05) is 6.54 Å². The summed E-state index contributed by atoms with van der Waals surface area (Å²) in [4.78, 5) is 22.3. The number of carboxylic acids is 1. The summed E-state index contributed by atoms with van der Waals surface area (Å²) in [7, 11) is 0. The monoisotopic (exact) mass is 341 g/mol. The average Bonchev–Trinajstić information content (AvgIpc) is 2.41. The van der Waals surface area contributed by atoms with Crippen LogP contribution in [0.3, 0.4) is 0 Å². The van der Waals surface area contributed by atoms with Gasteiger partial charge in [-0.2, -0.15) is 0 Å². The smallest absolute Gasteiger partial charge is 0.306 e. The largest absolute Gasteiger partial charge is 0.481 e. The maximum absolute atomic E-state index is 11.6. The lowest BCUT2D eigenvalue weighted by Gasteiger charge is -2.07. The number of aryl methyl sites for hydroxylation is 1. The first-order valence-electron chi connectivity index (χ1n) is 6.73. The van der Waals surface area contributed by atoms with E-state index in [0.717, 1.165) is 10.0 Å². The van der Waals surface area contributed by atoms with Gasteiger partial charge in [0.15, 0.2) is 0 Å². The molecule has 110 valence electrons. The van der Waals surface area contributed by atoms with E-state index in [1.807, 2.05) is 24.3 Å². The fraction of sp³-hybridized carbons (Fsp3) is 0.467. The molecule has 0 spiro atoms. The highest BCUT2D eigenvalue weighted by atomic mass is 79.9. The van der Waals surface area contributed by atoms with Gasteiger partial charge in [0, 0.05) is 17.4 Å². The van der Waals surface area contributed by atoms with E-state index in [1.54, 1.807) is 6.92 Å². The summed E-state index contributed by atoms with van der Waals surface area (Å²) in [5, 5.41) is 11.6. The van der Waals surface area contributed by atoms with E-state index in [1.165, 1.54) is 0 Å². The van der Waals surface area contributed by atoms with E-state index >= 15 is 0 Å². The SMILES string of the molecule is CC(CCCNC(=O)CCc1cccc(Br)c1)C(=O)O. The minimum Gasteiger partial charge on any atom is -0.481 e. The molecular formula is C15H20BrNO3. The lowest BCUT2D eigenvalue weighted by atomic mass is 10.1. The third-order valence-corrected chi connectivity index (χ3v) is 3.58. The fourth-order valence-corrected chi connectivity index (χ4v) is 2.24. The van der Waals surface area contributed by atoms with Crippen molar-refractivity contribution in [3.05, 3.63) is 34.3 Å². The van der Waals surface area contributed by atoms with Gasteiger partial charge in [-0.15, -0.1) is 0 Å². The quantitative estimate of drug-likeness (QED) is 0.714. The van der Waals surface area contributed by atoms with Crippen molar-refractivity contribution in [2.45, 2.75) is 32.6 Å². The van der Waals surface area contributed by atoms with Gasteiger partial charge in [-0.3, -0.25) is 9.59 Å². The Morgan fingerprint density at radius 1 is 1.40 bits per heavy atom. The molecule has 0 aliphatic heterocycles. The van der Waals surface area contributed by atoms with Gasteiger partial charge in [-0.25, -0.2) is 0 Å². The standard InChI is InChI=1S/C15H20BrNO3/c1-11(15(19)20)4-3-9-17-14(18)8-7-12-5-2-6-13(16)10-12/h2,5-6,10-11H,3-4,7-9H2,1H3,(H,17,18)(H,19,20). The molecule has 1 rings (SSSR count). The Hall–Kier alpha value is -1.36. The topological polar surface area (TPSA) is 66.4 Å². The molecule has 1 atom stereocenters. The van der Waals surface area contributed by atoms with E-state index in [-0.39, 0.29) is 11.8 Å². The molecule has 5 heteroatoms. The molecule has 4 nitrogen and oxygen atoms in total. The first-order chi connectivity index (χ1) is 9.49. The Kier molecular flexibility index (Phi) is 7.30. The molecule has 1 unspecified atom stereocenters. The van der Waals surface area contributed by atoms with Crippen LogP contribution >= 0.6 is 15.9 Å². The van der Waals surface area contributed by atoms with Gasteiger partial charge in [0.2, 0.25) is 5.91 Å². The molecule has 1 amide bonds. The number of nitrogens with one attached hydrogen (secondary N) is 1. The Labute approximate surface area is 127 Å². The molecule has 0 saturated carbocycles. The highest BCUT2D eigenvalue weighted by molar-refractivity contribution is 9.10. The fourth-order valence-electron chi connectivity index (χ4n) is 1.80. The highest BCUT2D eigenvalue weighted by Crippen LogP contribution is 2.13. The predicted molar refractivity (Wildman–Crippen MR) is 81.5 cm³/mol. The zero-order chi connectivity index (χ0) is 15.0. The highest BCUT2D eigenvalue weighted by Gasteiger charge is 2.10. The second kappa shape index (κ2) is 8.74. The molecule has 0 radical (unpaired) electrons. The molecule has 0 aliphatic carbocycles. The number of hydrogen-bond acceptors (Lipinski definition) is 2. The maximum atomic E-state index is 11.6. The van der Waals surface area contributed by atoms with Crippen molar-refractivity contribution in [1.29, 1.82) is 0 Å². The zero-order valence-electron chi connectivity index (χ0n) is 11.6. The van der Waals surface area contributed by atoms with Crippen LogP contribution in [0.2, 0.25) is 0 Å². The van der Waals surface area contributed by atoms with Crippen LogP contribution in [0.1, 0.15) is 31.7 Å².